The molecule has 3 amide bonds. The lowest BCUT2D eigenvalue weighted by Crippen LogP contribution is -2.41. The molecule has 6 aliphatic heterocycles. The number of likely N-dealkylation sites (tertiary alicyclic amines) is 3. The van der Waals surface area contributed by atoms with Crippen molar-refractivity contribution >= 4 is 90.0 Å². The molecule has 3 unspecified atom stereocenters. The number of halogens is 5. The van der Waals surface area contributed by atoms with E-state index in [2.05, 4.69) is 47.8 Å². The second kappa shape index (κ2) is 34.8. The number of aryl methyl sites for hydroxylation is 6. The zero-order chi connectivity index (χ0) is 79.5. The molecule has 19 nitrogen and oxygen atoms in total. The van der Waals surface area contributed by atoms with E-state index in [0.29, 0.717) is 97.5 Å². The molecule has 0 bridgehead atoms. The number of phenols is 1. The minimum Gasteiger partial charge on any atom is -0.508 e. The van der Waals surface area contributed by atoms with Gasteiger partial charge in [0.15, 0.2) is 12.2 Å². The van der Waals surface area contributed by atoms with E-state index in [-0.39, 0.29) is 76.9 Å². The first-order valence-corrected chi connectivity index (χ1v) is 39.7. The fraction of sp³-hybridized carbons (Fsp3) is 0.447. The van der Waals surface area contributed by atoms with E-state index in [4.69, 9.17) is 52.3 Å². The van der Waals surface area contributed by atoms with Gasteiger partial charge in [0.25, 0.3) is 11.8 Å². The second-order valence-corrected chi connectivity index (χ2v) is 33.1. The Morgan fingerprint density at radius 3 is 1.33 bits per heavy atom. The molecular formula is C85H97BBr3F2N3O16. The number of carbonyl (C=O) groups excluding carboxylic acids is 5. The van der Waals surface area contributed by atoms with E-state index in [1.165, 1.54) is 26.4 Å². The van der Waals surface area contributed by atoms with Gasteiger partial charge in [-0.3, -0.25) is 24.0 Å². The van der Waals surface area contributed by atoms with Crippen LogP contribution in [0.1, 0.15) is 163 Å². The van der Waals surface area contributed by atoms with Crippen LogP contribution < -0.4 is 33.9 Å². The van der Waals surface area contributed by atoms with Crippen LogP contribution in [0.25, 0.3) is 11.1 Å². The number of likely N-dealkylation sites (N-methyl/N-ethyl adjacent to an activating group) is 2. The topological polar surface area (TPSA) is 208 Å². The summed E-state index contributed by atoms with van der Waals surface area (Å²) in [5.41, 5.74) is 13.3. The number of rotatable bonds is 14. The summed E-state index contributed by atoms with van der Waals surface area (Å²) in [7, 11) is 7.64. The maximum Gasteiger partial charge on any atom is 0.495 e. The van der Waals surface area contributed by atoms with Crippen LogP contribution >= 0.6 is 47.8 Å². The minimum absolute atomic E-state index is 0.00252. The number of phenolic OH excluding ortho intramolecular Hbond substituents is 1. The van der Waals surface area contributed by atoms with Crippen molar-refractivity contribution in [1.82, 2.24) is 14.7 Å². The molecule has 4 fully saturated rings. The van der Waals surface area contributed by atoms with Gasteiger partial charge in [-0.1, -0.05) is 72.1 Å². The van der Waals surface area contributed by atoms with Crippen molar-refractivity contribution in [1.29, 1.82) is 0 Å². The molecule has 0 aromatic heterocycles. The van der Waals surface area contributed by atoms with Crippen LogP contribution in [0, 0.1) is 53.2 Å². The highest BCUT2D eigenvalue weighted by atomic mass is 79.9. The van der Waals surface area contributed by atoms with Crippen LogP contribution in [0.5, 0.6) is 40.2 Å². The smallest absolute Gasteiger partial charge is 0.495 e. The fourth-order valence-electron chi connectivity index (χ4n) is 15.2. The van der Waals surface area contributed by atoms with Gasteiger partial charge in [-0.05, 0) is 223 Å². The number of amides is 3. The average Bonchev–Trinajstić information content (AvgIpc) is 1.58. The van der Waals surface area contributed by atoms with Gasteiger partial charge in [0.2, 0.25) is 5.91 Å². The van der Waals surface area contributed by atoms with Crippen LogP contribution in [0.4, 0.5) is 8.78 Å². The van der Waals surface area contributed by atoms with E-state index in [0.717, 1.165) is 113 Å². The predicted octanol–water partition coefficient (Wildman–Crippen LogP) is 16.1. The van der Waals surface area contributed by atoms with Gasteiger partial charge in [-0.15, -0.1) is 0 Å². The summed E-state index contributed by atoms with van der Waals surface area (Å²) in [6, 6.07) is 29.1. The number of nitrogens with zero attached hydrogens (tertiary/aromatic N) is 3. The molecule has 15 rings (SSSR count). The third-order valence-electron chi connectivity index (χ3n) is 22.0. The summed E-state index contributed by atoms with van der Waals surface area (Å²) in [5.74, 6) is 3.46. The second-order valence-electron chi connectivity index (χ2n) is 30.4. The number of alkyl halides is 1. The molecule has 7 aromatic rings. The number of fused-ring (bicyclic) bond motifs is 4. The number of carbonyl (C=O) groups is 5. The summed E-state index contributed by atoms with van der Waals surface area (Å²) in [6.07, 6.45) is 3.99. The van der Waals surface area contributed by atoms with Crippen LogP contribution in [0.3, 0.4) is 0 Å². The Morgan fingerprint density at radius 2 is 0.918 bits per heavy atom. The molecule has 7 aromatic carbocycles. The number of hydrogen-bond acceptors (Lipinski definition) is 16. The van der Waals surface area contributed by atoms with Crippen molar-refractivity contribution in [2.24, 2.45) is 0 Å². The standard InChI is InChI=1S/C33H34FNO6.C26H30BFO6.C13H16BrNO2.C8H9BrO.C5H8BrNO/c1-18-13-22(41-28-11-12-35(3)33(28)37)14-19(2)31(18)24-7-9-26(34)32-25(24)8-10-27(32)40-21-5-6-23-20(15-30(36)38-4)17-39-29(23)16-21;1-25(2)26(3,4)34-27(33-25)19-9-10-20(28)24-18(19)8-11-21(24)32-16-6-7-17-15(12-23(29)30-5)14-31-22(17)13-16;1-8-6-10(7-9(2)12(8)14)17-11-4-5-15(3)13(11)16;1-5-3-7(10)4-6(2)8(5)9;1-7-3-2-4(6)5(7)8/h5-7,9,13-14,16,20,27-28H,8,10-12,15,17H2,1-4H3;6-7,9-10,13,15,21H,8,11-12,14H2,1-5H3;6-7,11H,4-5H2,1-3H3;3-4,10H,1-2H3;4H,2-3H2,1H3/t20-,27-,28?;15-,21-;;;/m11.../s1. The Hall–Kier alpha value is -8.23. The van der Waals surface area contributed by atoms with E-state index in [1.807, 2.05) is 150 Å². The van der Waals surface area contributed by atoms with Crippen molar-refractivity contribution < 1.29 is 85.1 Å². The highest BCUT2D eigenvalue weighted by Gasteiger charge is 2.53. The van der Waals surface area contributed by atoms with Crippen LogP contribution in [-0.2, 0) is 55.6 Å². The minimum atomic E-state index is -0.543. The normalized spacial score (nSPS) is 21.3. The summed E-state index contributed by atoms with van der Waals surface area (Å²) in [4.78, 5) is 63.5. The third-order valence-corrected chi connectivity index (χ3v) is 25.3. The quantitative estimate of drug-likeness (QED) is 0.0610. The molecule has 0 saturated carbocycles. The van der Waals surface area contributed by atoms with Crippen molar-refractivity contribution in [2.45, 2.75) is 179 Å². The molecule has 110 heavy (non-hydrogen) atoms. The molecule has 6 heterocycles. The highest BCUT2D eigenvalue weighted by Crippen LogP contribution is 2.48. The van der Waals surface area contributed by atoms with E-state index in [9.17, 15) is 24.0 Å². The molecule has 1 N–H and O–H groups in total. The highest BCUT2D eigenvalue weighted by molar-refractivity contribution is 9.11. The van der Waals surface area contributed by atoms with Gasteiger partial charge in [-0.2, -0.15) is 0 Å². The zero-order valence-electron chi connectivity index (χ0n) is 65.1. The molecule has 0 spiro atoms. The average molecular weight is 1710 g/mol. The van der Waals surface area contributed by atoms with Gasteiger partial charge in [-0.25, -0.2) is 8.78 Å². The maximum atomic E-state index is 15.3. The molecule has 4 saturated heterocycles. The van der Waals surface area contributed by atoms with E-state index >= 15 is 8.78 Å². The fourth-order valence-corrected chi connectivity index (χ4v) is 16.2. The first-order valence-electron chi connectivity index (χ1n) is 37.2. The molecule has 8 aliphatic rings. The monoisotopic (exact) mass is 1700 g/mol. The SMILES string of the molecule is CN1CCC(Br)C1=O.COC(=O)C[C@@H]1COc2cc(O[C@@H]3CCc4c(-c5c(C)cc(OC6CCN(C)C6=O)cc5C)ccc(F)c43)ccc21.COC(=O)C[C@@H]1COc2cc(O[C@@H]3CCc4c(B5OC(C)(C)C(C)(C)O5)ccc(F)c43)ccc21.Cc1cc(O)cc(C)c1Br.Cc1cc(OC2CCN(C)C2=O)cc(C)c1Br. The molecule has 7 atom stereocenters. The van der Waals surface area contributed by atoms with Gasteiger partial charge >= 0.3 is 19.1 Å². The summed E-state index contributed by atoms with van der Waals surface area (Å²) < 4.78 is 90.6. The lowest BCUT2D eigenvalue weighted by molar-refractivity contribution is -0.142. The number of methoxy groups -OCH3 is 2. The number of aromatic hydroxyl groups is 1. The van der Waals surface area contributed by atoms with E-state index in [1.54, 1.807) is 39.9 Å². The van der Waals surface area contributed by atoms with Crippen LogP contribution in [0.15, 0.2) is 106 Å². The van der Waals surface area contributed by atoms with Crippen molar-refractivity contribution in [3.05, 3.63) is 184 Å². The Labute approximate surface area is 668 Å². The Balaban J connectivity index is 0.000000154. The van der Waals surface area contributed by atoms with Crippen molar-refractivity contribution in [3.63, 3.8) is 0 Å². The predicted molar refractivity (Wildman–Crippen MR) is 427 cm³/mol. The van der Waals surface area contributed by atoms with Gasteiger partial charge < -0.3 is 67.0 Å². The number of esters is 2. The lowest BCUT2D eigenvalue weighted by Gasteiger charge is -2.32. The molecule has 25 heteroatoms. The molecule has 0 radical (unpaired) electrons. The molecule has 586 valence electrons. The van der Waals surface area contributed by atoms with E-state index < -0.39 is 36.6 Å². The number of hydrogen-bond donors (Lipinski definition) is 1. The van der Waals surface area contributed by atoms with Crippen molar-refractivity contribution in [2.75, 3.05) is 68.2 Å². The Kier molecular flexibility index (Phi) is 26.2. The molecule has 2 aliphatic carbocycles. The number of benzene rings is 7. The van der Waals surface area contributed by atoms with Gasteiger partial charge in [0.05, 0.1) is 56.3 Å². The third kappa shape index (κ3) is 18.4. The maximum absolute atomic E-state index is 15.3. The Morgan fingerprint density at radius 1 is 0.518 bits per heavy atom. The number of ether oxygens (including phenoxy) is 8. The largest absolute Gasteiger partial charge is 0.508 e. The van der Waals surface area contributed by atoms with Crippen LogP contribution in [-0.4, -0.2) is 153 Å². The van der Waals surface area contributed by atoms with Crippen LogP contribution in [0.2, 0.25) is 0 Å². The summed E-state index contributed by atoms with van der Waals surface area (Å²) in [6.45, 7) is 23.2. The van der Waals surface area contributed by atoms with Gasteiger partial charge in [0, 0.05) is 109 Å². The van der Waals surface area contributed by atoms with Crippen molar-refractivity contribution in [3.8, 4) is 51.4 Å². The molecular weight excluding hydrogens is 1610 g/mol. The van der Waals surface area contributed by atoms with Gasteiger partial charge in [0.1, 0.15) is 64.1 Å². The summed E-state index contributed by atoms with van der Waals surface area (Å²) in [5, 5.41) is 9.10. The zero-order valence-corrected chi connectivity index (χ0v) is 69.8. The lowest BCUT2D eigenvalue weighted by atomic mass is 9.75. The Bertz CT molecular complexity index is 4560. The first-order chi connectivity index (χ1) is 52.1. The first kappa shape index (κ1) is 82.7. The summed E-state index contributed by atoms with van der Waals surface area (Å²) >= 11 is 10.2.